The smallest absolute Gasteiger partial charge is 0.257 e. The van der Waals surface area contributed by atoms with E-state index in [-0.39, 0.29) is 30.3 Å². The van der Waals surface area contributed by atoms with E-state index in [1.807, 2.05) is 18.2 Å². The third-order valence-corrected chi connectivity index (χ3v) is 6.21. The van der Waals surface area contributed by atoms with Crippen molar-refractivity contribution in [2.75, 3.05) is 11.9 Å². The summed E-state index contributed by atoms with van der Waals surface area (Å²) in [4.78, 5) is 43.4. The van der Waals surface area contributed by atoms with Crippen molar-refractivity contribution in [3.05, 3.63) is 80.6 Å². The monoisotopic (exact) mass is 470 g/mol. The molecule has 1 aromatic heterocycles. The summed E-state index contributed by atoms with van der Waals surface area (Å²) in [5, 5.41) is 3.74. The molecule has 2 heterocycles. The van der Waals surface area contributed by atoms with E-state index in [9.17, 15) is 14.4 Å². The van der Waals surface area contributed by atoms with Gasteiger partial charge in [0, 0.05) is 23.1 Å². The van der Waals surface area contributed by atoms with Crippen molar-refractivity contribution in [3.63, 3.8) is 0 Å². The molecule has 0 saturated heterocycles. The molecule has 1 unspecified atom stereocenters. The fourth-order valence-corrected chi connectivity index (χ4v) is 4.56. The van der Waals surface area contributed by atoms with Crippen molar-refractivity contribution in [2.45, 2.75) is 23.2 Å². The molecule has 0 fully saturated rings. The Hall–Kier alpha value is -3.30. The van der Waals surface area contributed by atoms with Crippen LogP contribution in [-0.4, -0.2) is 28.4 Å². The average molecular weight is 471 g/mol. The molecule has 4 rings (SSSR count). The Labute approximate surface area is 192 Å². The van der Waals surface area contributed by atoms with Crippen LogP contribution in [-0.2, 0) is 15.3 Å². The normalized spacial score (nSPS) is 15.0. The number of aromatic nitrogens is 2. The van der Waals surface area contributed by atoms with Crippen LogP contribution in [0.15, 0.2) is 58.5 Å². The highest BCUT2D eigenvalue weighted by Gasteiger charge is 2.31. The third kappa shape index (κ3) is 4.95. The molecule has 3 aromatic rings. The number of halogens is 1. The van der Waals surface area contributed by atoms with E-state index >= 15 is 0 Å². The number of nitrogens with two attached hydrogens (primary N) is 1. The molecule has 164 valence electrons. The summed E-state index contributed by atoms with van der Waals surface area (Å²) in [7, 11) is 0. The number of hydrogen-bond donors (Lipinski definition) is 3. The highest BCUT2D eigenvalue weighted by atomic mass is 35.5. The van der Waals surface area contributed by atoms with Gasteiger partial charge in [-0.25, -0.2) is 4.98 Å². The lowest BCUT2D eigenvalue weighted by Crippen LogP contribution is -2.31. The van der Waals surface area contributed by atoms with E-state index in [1.165, 1.54) is 11.8 Å². The van der Waals surface area contributed by atoms with Gasteiger partial charge in [-0.2, -0.15) is 0 Å². The largest absolute Gasteiger partial charge is 0.484 e. The van der Waals surface area contributed by atoms with Gasteiger partial charge < -0.3 is 20.8 Å². The minimum Gasteiger partial charge on any atom is -0.484 e. The van der Waals surface area contributed by atoms with Crippen LogP contribution in [0, 0.1) is 0 Å². The van der Waals surface area contributed by atoms with Crippen LogP contribution < -0.4 is 21.3 Å². The van der Waals surface area contributed by atoms with Gasteiger partial charge >= 0.3 is 0 Å². The molecular weight excluding hydrogens is 452 g/mol. The van der Waals surface area contributed by atoms with Crippen LogP contribution in [0.25, 0.3) is 0 Å². The molecule has 4 N–H and O–H groups in total. The maximum Gasteiger partial charge on any atom is 0.257 e. The summed E-state index contributed by atoms with van der Waals surface area (Å²) < 4.78 is 5.27. The first kappa shape index (κ1) is 21.9. The predicted molar refractivity (Wildman–Crippen MR) is 122 cm³/mol. The topological polar surface area (TPSA) is 127 Å². The molecule has 0 aliphatic carbocycles. The van der Waals surface area contributed by atoms with Crippen LogP contribution in [0.5, 0.6) is 5.75 Å². The number of rotatable bonds is 7. The number of thioether (sulfide) groups is 1. The van der Waals surface area contributed by atoms with Crippen LogP contribution >= 0.6 is 23.4 Å². The summed E-state index contributed by atoms with van der Waals surface area (Å²) in [6.07, 6.45) is 0.116. The fourth-order valence-electron chi connectivity index (χ4n) is 3.42. The minimum absolute atomic E-state index is 0.116. The quantitative estimate of drug-likeness (QED) is 0.359. The number of nitrogens with zero attached hydrogens (tertiary/aromatic N) is 1. The number of benzene rings is 2. The van der Waals surface area contributed by atoms with E-state index < -0.39 is 11.8 Å². The number of carbonyl (C=O) groups is 2. The van der Waals surface area contributed by atoms with E-state index in [0.717, 1.165) is 11.1 Å². The van der Waals surface area contributed by atoms with Crippen molar-refractivity contribution in [3.8, 4) is 5.75 Å². The predicted octanol–water partition coefficient (Wildman–Crippen LogP) is 3.05. The average Bonchev–Trinajstić information content (AvgIpc) is 2.76. The Morgan fingerprint density at radius 3 is 2.66 bits per heavy atom. The minimum atomic E-state index is -0.576. The molecule has 1 aliphatic rings. The van der Waals surface area contributed by atoms with Gasteiger partial charge in [-0.1, -0.05) is 53.7 Å². The molecule has 8 nitrogen and oxygen atoms in total. The Bertz CT molecular complexity index is 1230. The number of hydrogen-bond acceptors (Lipinski definition) is 6. The van der Waals surface area contributed by atoms with E-state index in [4.69, 9.17) is 22.1 Å². The first-order chi connectivity index (χ1) is 15.4. The van der Waals surface area contributed by atoms with E-state index in [1.54, 1.807) is 30.3 Å². The maximum absolute atomic E-state index is 12.9. The fraction of sp³-hybridized carbons (Fsp3) is 0.182. The van der Waals surface area contributed by atoms with Crippen LogP contribution in [0.4, 0.5) is 5.82 Å². The van der Waals surface area contributed by atoms with Crippen molar-refractivity contribution in [2.24, 2.45) is 5.73 Å². The lowest BCUT2D eigenvalue weighted by molar-refractivity contribution is -0.120. The van der Waals surface area contributed by atoms with Crippen molar-refractivity contribution in [1.29, 1.82) is 0 Å². The Morgan fingerprint density at radius 1 is 1.19 bits per heavy atom. The molecule has 1 atom stereocenters. The molecule has 0 spiro atoms. The molecule has 32 heavy (non-hydrogen) atoms. The highest BCUT2D eigenvalue weighted by Crippen LogP contribution is 2.35. The standard InChI is InChI=1S/C22H19ClN4O4S/c23-16-4-2-1-3-13(16)11-32-22-26-20-19(21(30)27-22)15(9-18(29)25-20)12-5-7-14(8-6-12)31-10-17(24)28/h1-8,15H,9-11H2,(H2,24,28)(H2,25,26,27,29,30). The molecule has 2 aromatic carbocycles. The van der Waals surface area contributed by atoms with Crippen molar-refractivity contribution < 1.29 is 14.3 Å². The molecule has 10 heteroatoms. The summed E-state index contributed by atoms with van der Waals surface area (Å²) in [5.74, 6) is -0.0182. The first-order valence-electron chi connectivity index (χ1n) is 9.72. The van der Waals surface area contributed by atoms with Gasteiger partial charge in [-0.3, -0.25) is 14.4 Å². The Kier molecular flexibility index (Phi) is 6.48. The van der Waals surface area contributed by atoms with E-state index in [2.05, 4.69) is 15.3 Å². The summed E-state index contributed by atoms with van der Waals surface area (Å²) in [6, 6.07) is 14.3. The number of carbonyl (C=O) groups excluding carboxylic acids is 2. The number of ether oxygens (including phenoxy) is 1. The third-order valence-electron chi connectivity index (χ3n) is 4.92. The highest BCUT2D eigenvalue weighted by molar-refractivity contribution is 7.98. The molecule has 1 aliphatic heterocycles. The Morgan fingerprint density at radius 2 is 1.94 bits per heavy atom. The zero-order valence-corrected chi connectivity index (χ0v) is 18.3. The number of fused-ring (bicyclic) bond motifs is 1. The lowest BCUT2D eigenvalue weighted by Gasteiger charge is -2.24. The zero-order chi connectivity index (χ0) is 22.7. The molecule has 0 saturated carbocycles. The Balaban J connectivity index is 1.58. The number of H-pyrrole nitrogens is 1. The lowest BCUT2D eigenvalue weighted by atomic mass is 9.87. The zero-order valence-electron chi connectivity index (χ0n) is 16.8. The number of amides is 2. The number of aromatic amines is 1. The second kappa shape index (κ2) is 9.46. The van der Waals surface area contributed by atoms with Gasteiger partial charge in [-0.15, -0.1) is 0 Å². The van der Waals surface area contributed by atoms with Crippen LogP contribution in [0.3, 0.4) is 0 Å². The summed E-state index contributed by atoms with van der Waals surface area (Å²) in [5.41, 5.74) is 6.85. The van der Waals surface area contributed by atoms with Gasteiger partial charge in [0.1, 0.15) is 11.6 Å². The first-order valence-corrected chi connectivity index (χ1v) is 11.1. The number of nitrogens with one attached hydrogen (secondary N) is 2. The number of anilines is 1. The van der Waals surface area contributed by atoms with Crippen LogP contribution in [0.2, 0.25) is 5.02 Å². The van der Waals surface area contributed by atoms with Crippen molar-refractivity contribution in [1.82, 2.24) is 9.97 Å². The second-order valence-electron chi connectivity index (χ2n) is 7.14. The van der Waals surface area contributed by atoms with E-state index in [0.29, 0.717) is 27.2 Å². The van der Waals surface area contributed by atoms with Gasteiger partial charge in [0.2, 0.25) is 5.91 Å². The van der Waals surface area contributed by atoms with Gasteiger partial charge in [-0.05, 0) is 29.3 Å². The molecule has 0 bridgehead atoms. The number of primary amides is 1. The SMILES string of the molecule is NC(=O)COc1ccc(C2CC(=O)Nc3nc(SCc4ccccc4Cl)[nH]c(=O)c32)cc1. The molecule has 0 radical (unpaired) electrons. The van der Waals surface area contributed by atoms with Gasteiger partial charge in [0.05, 0.1) is 5.56 Å². The molecular formula is C22H19ClN4O4S. The summed E-state index contributed by atoms with van der Waals surface area (Å²) in [6.45, 7) is -0.230. The van der Waals surface area contributed by atoms with Crippen LogP contribution in [0.1, 0.15) is 29.0 Å². The second-order valence-corrected chi connectivity index (χ2v) is 8.51. The maximum atomic E-state index is 12.9. The van der Waals surface area contributed by atoms with Gasteiger partial charge in [0.25, 0.3) is 11.5 Å². The van der Waals surface area contributed by atoms with Crippen molar-refractivity contribution >= 4 is 41.0 Å². The molecule has 2 amide bonds. The summed E-state index contributed by atoms with van der Waals surface area (Å²) >= 11 is 7.52. The van der Waals surface area contributed by atoms with Gasteiger partial charge in [0.15, 0.2) is 11.8 Å².